The molecule has 172 valence electrons. The van der Waals surface area contributed by atoms with Crippen LogP contribution in [-0.2, 0) is 27.3 Å². The van der Waals surface area contributed by atoms with Crippen molar-refractivity contribution in [2.45, 2.75) is 38.3 Å². The fourth-order valence-corrected chi connectivity index (χ4v) is 4.75. The number of benzene rings is 1. The van der Waals surface area contributed by atoms with Gasteiger partial charge >= 0.3 is 6.03 Å². The average molecular weight is 444 g/mol. The lowest BCUT2D eigenvalue weighted by atomic mass is 9.94. The summed E-state index contributed by atoms with van der Waals surface area (Å²) in [5.41, 5.74) is 7.20. The highest BCUT2D eigenvalue weighted by Gasteiger charge is 2.47. The van der Waals surface area contributed by atoms with Crippen molar-refractivity contribution in [3.63, 3.8) is 0 Å². The first-order valence-electron chi connectivity index (χ1n) is 10.8. The number of amides is 5. The lowest BCUT2D eigenvalue weighted by Crippen LogP contribution is -2.43. The zero-order chi connectivity index (χ0) is 23.0. The third-order valence-corrected chi connectivity index (χ3v) is 6.66. The Morgan fingerprint density at radius 2 is 1.69 bits per heavy atom. The van der Waals surface area contributed by atoms with Crippen molar-refractivity contribution >= 4 is 23.8 Å². The number of methoxy groups -OCH3 is 2. The minimum absolute atomic E-state index is 0.0439. The number of carbonyl (C=O) groups excluding carboxylic acids is 4. The minimum atomic E-state index is -0.575. The smallest absolute Gasteiger partial charge is 0.327 e. The Balaban J connectivity index is 1.39. The number of likely N-dealkylation sites (tertiary alicyclic amines) is 1. The maximum atomic E-state index is 13.0. The van der Waals surface area contributed by atoms with Gasteiger partial charge in [0, 0.05) is 44.9 Å². The number of hydrogen-bond donors (Lipinski definition) is 1. The van der Waals surface area contributed by atoms with Crippen LogP contribution in [0.3, 0.4) is 0 Å². The Kier molecular flexibility index (Phi) is 5.94. The van der Waals surface area contributed by atoms with Gasteiger partial charge in [0.25, 0.3) is 5.91 Å². The molecule has 0 aliphatic carbocycles. The van der Waals surface area contributed by atoms with E-state index in [1.165, 1.54) is 4.90 Å². The Morgan fingerprint density at radius 3 is 2.28 bits per heavy atom. The zero-order valence-electron chi connectivity index (χ0n) is 18.3. The van der Waals surface area contributed by atoms with Gasteiger partial charge in [-0.25, -0.2) is 4.79 Å². The minimum Gasteiger partial charge on any atom is -0.493 e. The van der Waals surface area contributed by atoms with E-state index < -0.39 is 6.04 Å². The van der Waals surface area contributed by atoms with Crippen molar-refractivity contribution in [3.05, 3.63) is 23.3 Å². The van der Waals surface area contributed by atoms with Crippen molar-refractivity contribution < 1.29 is 28.7 Å². The number of ether oxygens (including phenoxy) is 2. The number of nitrogens with zero attached hydrogens (tertiary/aromatic N) is 3. The molecular weight excluding hydrogens is 416 g/mol. The van der Waals surface area contributed by atoms with E-state index in [-0.39, 0.29) is 42.6 Å². The molecule has 10 nitrogen and oxygen atoms in total. The van der Waals surface area contributed by atoms with Crippen molar-refractivity contribution in [1.29, 1.82) is 0 Å². The molecule has 32 heavy (non-hydrogen) atoms. The van der Waals surface area contributed by atoms with Gasteiger partial charge in [0.05, 0.1) is 14.2 Å². The van der Waals surface area contributed by atoms with E-state index in [0.717, 1.165) is 11.1 Å². The molecule has 3 aliphatic heterocycles. The number of piperidine rings is 1. The van der Waals surface area contributed by atoms with Crippen LogP contribution in [0.5, 0.6) is 11.5 Å². The standard InChI is InChI=1S/C22H28N4O6/c1-31-17-10-14-9-16-21(29)25(22(30)26(16)12-15(14)11-18(17)32-2)8-5-19(27)24-6-3-13(4-7-24)20(23)28/h10-11,13,16H,3-9,12H2,1-2H3,(H2,23,28). The number of rotatable bonds is 6. The topological polar surface area (TPSA) is 122 Å². The van der Waals surface area contributed by atoms with Crippen LogP contribution in [0, 0.1) is 5.92 Å². The molecule has 1 unspecified atom stereocenters. The highest BCUT2D eigenvalue weighted by atomic mass is 16.5. The largest absolute Gasteiger partial charge is 0.493 e. The normalized spacial score (nSPS) is 20.8. The highest BCUT2D eigenvalue weighted by molar-refractivity contribution is 6.05. The van der Waals surface area contributed by atoms with E-state index in [1.807, 2.05) is 12.1 Å². The second-order valence-electron chi connectivity index (χ2n) is 8.40. The van der Waals surface area contributed by atoms with Gasteiger partial charge in [0.2, 0.25) is 11.8 Å². The summed E-state index contributed by atoms with van der Waals surface area (Å²) in [5, 5.41) is 0. The predicted molar refractivity (Wildman–Crippen MR) is 113 cm³/mol. The fourth-order valence-electron chi connectivity index (χ4n) is 4.75. The first kappa shape index (κ1) is 21.9. The van der Waals surface area contributed by atoms with E-state index in [4.69, 9.17) is 15.2 Å². The van der Waals surface area contributed by atoms with E-state index in [9.17, 15) is 19.2 Å². The molecule has 3 heterocycles. The average Bonchev–Trinajstić information content (AvgIpc) is 3.03. The third-order valence-electron chi connectivity index (χ3n) is 6.66. The summed E-state index contributed by atoms with van der Waals surface area (Å²) in [6.45, 7) is 1.27. The second kappa shape index (κ2) is 8.68. The van der Waals surface area contributed by atoms with Gasteiger partial charge in [-0.15, -0.1) is 0 Å². The summed E-state index contributed by atoms with van der Waals surface area (Å²) in [4.78, 5) is 54.2. The molecule has 1 aromatic carbocycles. The summed E-state index contributed by atoms with van der Waals surface area (Å²) in [6, 6.07) is 2.74. The number of imide groups is 1. The van der Waals surface area contributed by atoms with Crippen molar-refractivity contribution in [2.24, 2.45) is 11.7 Å². The van der Waals surface area contributed by atoms with Gasteiger partial charge in [-0.1, -0.05) is 0 Å². The molecule has 0 radical (unpaired) electrons. The molecule has 0 aromatic heterocycles. The van der Waals surface area contributed by atoms with Gasteiger partial charge in [0.1, 0.15) is 6.04 Å². The summed E-state index contributed by atoms with van der Waals surface area (Å²) >= 11 is 0. The van der Waals surface area contributed by atoms with Gasteiger partial charge in [-0.3, -0.25) is 19.3 Å². The molecule has 2 N–H and O–H groups in total. The van der Waals surface area contributed by atoms with Gasteiger partial charge < -0.3 is 25.0 Å². The van der Waals surface area contributed by atoms with Crippen LogP contribution < -0.4 is 15.2 Å². The predicted octanol–water partition coefficient (Wildman–Crippen LogP) is 0.507. The molecule has 2 fully saturated rings. The van der Waals surface area contributed by atoms with Crippen LogP contribution in [0.25, 0.3) is 0 Å². The Morgan fingerprint density at radius 1 is 1.06 bits per heavy atom. The van der Waals surface area contributed by atoms with Crippen molar-refractivity contribution in [2.75, 3.05) is 33.9 Å². The first-order valence-corrected chi connectivity index (χ1v) is 10.8. The number of primary amides is 1. The molecule has 10 heteroatoms. The monoisotopic (exact) mass is 444 g/mol. The lowest BCUT2D eigenvalue weighted by molar-refractivity contribution is -0.135. The SMILES string of the molecule is COc1cc2c(cc1OC)CN1C(=O)N(CCC(=O)N3CCC(C(N)=O)CC3)C(=O)C1C2. The van der Waals surface area contributed by atoms with Crippen LogP contribution in [0.2, 0.25) is 0 Å². The zero-order valence-corrected chi connectivity index (χ0v) is 18.3. The van der Waals surface area contributed by atoms with Gasteiger partial charge in [-0.2, -0.15) is 0 Å². The number of nitrogens with two attached hydrogens (primary N) is 1. The molecule has 5 amide bonds. The summed E-state index contributed by atoms with van der Waals surface area (Å²) in [7, 11) is 3.11. The van der Waals surface area contributed by atoms with Crippen molar-refractivity contribution in [1.82, 2.24) is 14.7 Å². The molecule has 2 saturated heterocycles. The summed E-state index contributed by atoms with van der Waals surface area (Å²) in [6.07, 6.45) is 1.55. The van der Waals surface area contributed by atoms with E-state index in [2.05, 4.69) is 0 Å². The molecule has 4 rings (SSSR count). The number of urea groups is 1. The Bertz CT molecular complexity index is 905. The summed E-state index contributed by atoms with van der Waals surface area (Å²) < 4.78 is 10.7. The number of carbonyl (C=O) groups is 4. The number of hydrogen-bond acceptors (Lipinski definition) is 6. The van der Waals surface area contributed by atoms with Crippen LogP contribution in [-0.4, -0.2) is 78.3 Å². The Labute approximate surface area is 186 Å². The third kappa shape index (κ3) is 3.85. The van der Waals surface area contributed by atoms with Crippen molar-refractivity contribution in [3.8, 4) is 11.5 Å². The number of fused-ring (bicyclic) bond motifs is 2. The maximum absolute atomic E-state index is 13.0. The van der Waals surface area contributed by atoms with E-state index >= 15 is 0 Å². The molecule has 0 bridgehead atoms. The first-order chi connectivity index (χ1) is 15.3. The van der Waals surface area contributed by atoms with E-state index in [0.29, 0.717) is 50.4 Å². The second-order valence-corrected chi connectivity index (χ2v) is 8.40. The molecule has 3 aliphatic rings. The van der Waals surface area contributed by atoms with Crippen LogP contribution in [0.1, 0.15) is 30.4 Å². The van der Waals surface area contributed by atoms with Crippen LogP contribution in [0.15, 0.2) is 12.1 Å². The molecule has 1 atom stereocenters. The quantitative estimate of drug-likeness (QED) is 0.638. The molecule has 0 spiro atoms. The lowest BCUT2D eigenvalue weighted by Gasteiger charge is -2.31. The Hall–Kier alpha value is -3.30. The van der Waals surface area contributed by atoms with Crippen LogP contribution in [0.4, 0.5) is 4.79 Å². The fraction of sp³-hybridized carbons (Fsp3) is 0.545. The van der Waals surface area contributed by atoms with Gasteiger partial charge in [-0.05, 0) is 36.1 Å². The molecule has 0 saturated carbocycles. The summed E-state index contributed by atoms with van der Waals surface area (Å²) in [5.74, 6) is 0.213. The van der Waals surface area contributed by atoms with Crippen LogP contribution >= 0.6 is 0 Å². The highest BCUT2D eigenvalue weighted by Crippen LogP contribution is 2.37. The molecular formula is C22H28N4O6. The molecule has 1 aromatic rings. The maximum Gasteiger partial charge on any atom is 0.327 e. The van der Waals surface area contributed by atoms with E-state index in [1.54, 1.807) is 24.0 Å². The van der Waals surface area contributed by atoms with Gasteiger partial charge in [0.15, 0.2) is 11.5 Å².